The van der Waals surface area contributed by atoms with Crippen LogP contribution in [0.1, 0.15) is 38.7 Å². The average Bonchev–Trinajstić information content (AvgIpc) is 3.03. The van der Waals surface area contributed by atoms with Crippen molar-refractivity contribution in [3.05, 3.63) is 63.7 Å². The normalized spacial score (nSPS) is 18.9. The molecule has 122 valence electrons. The lowest BCUT2D eigenvalue weighted by molar-refractivity contribution is -0.115. The number of thioether (sulfide) groups is 1. The van der Waals surface area contributed by atoms with Gasteiger partial charge in [0, 0.05) is 16.3 Å². The van der Waals surface area contributed by atoms with E-state index >= 15 is 0 Å². The number of nitrogens with one attached hydrogen (secondary N) is 1. The van der Waals surface area contributed by atoms with E-state index in [1.807, 2.05) is 6.07 Å². The highest BCUT2D eigenvalue weighted by Crippen LogP contribution is 2.40. The molecule has 0 aromatic heterocycles. The molecule has 2 aliphatic rings. The van der Waals surface area contributed by atoms with Gasteiger partial charge in [0.2, 0.25) is 5.91 Å². The molecule has 0 bridgehead atoms. The highest BCUT2D eigenvalue weighted by Gasteiger charge is 2.32. The number of amides is 1. The molecule has 1 atom stereocenters. The molecule has 1 aliphatic heterocycles. The predicted octanol–water partition coefficient (Wildman–Crippen LogP) is 4.44. The van der Waals surface area contributed by atoms with E-state index in [-0.39, 0.29) is 16.9 Å². The zero-order chi connectivity index (χ0) is 16.7. The summed E-state index contributed by atoms with van der Waals surface area (Å²) in [5, 5.41) is 3.22. The smallest absolute Gasteiger partial charge is 0.242 e. The van der Waals surface area contributed by atoms with E-state index in [1.165, 1.54) is 22.9 Å². The van der Waals surface area contributed by atoms with Crippen LogP contribution in [0, 0.1) is 0 Å². The Labute approximate surface area is 149 Å². The van der Waals surface area contributed by atoms with Crippen molar-refractivity contribution < 1.29 is 9.59 Å². The van der Waals surface area contributed by atoms with Crippen molar-refractivity contribution >= 4 is 40.7 Å². The molecule has 1 heterocycles. The summed E-state index contributed by atoms with van der Waals surface area (Å²) in [5.74, 6) is 0.388. The number of carbonyl (C=O) groups is 2. The number of Topliss-reactive ketones (excluding diaryl/α,β-unsaturated/α-hetero) is 1. The van der Waals surface area contributed by atoms with Crippen LogP contribution in [0.4, 0.5) is 5.69 Å². The molecule has 0 fully saturated rings. The molecule has 0 unspecified atom stereocenters. The second-order valence-corrected chi connectivity index (χ2v) is 7.70. The first-order valence-electron chi connectivity index (χ1n) is 7.99. The van der Waals surface area contributed by atoms with Crippen LogP contribution in [0.5, 0.6) is 0 Å². The van der Waals surface area contributed by atoms with E-state index in [9.17, 15) is 9.59 Å². The van der Waals surface area contributed by atoms with E-state index in [1.54, 1.807) is 24.3 Å². The summed E-state index contributed by atoms with van der Waals surface area (Å²) in [6.45, 7) is 0. The fraction of sp³-hybridized carbons (Fsp3) is 0.263. The first-order chi connectivity index (χ1) is 11.6. The number of ketones is 1. The molecule has 0 radical (unpaired) electrons. The van der Waals surface area contributed by atoms with E-state index in [0.29, 0.717) is 16.5 Å². The Kier molecular flexibility index (Phi) is 4.10. The number of carbonyl (C=O) groups excluding carboxylic acids is 2. The monoisotopic (exact) mass is 357 g/mol. The molecular formula is C19H16ClNO2S. The number of fused-ring (bicyclic) bond motifs is 2. The predicted molar refractivity (Wildman–Crippen MR) is 98.1 cm³/mol. The minimum absolute atomic E-state index is 0.0889. The van der Waals surface area contributed by atoms with Crippen LogP contribution in [0.2, 0.25) is 5.02 Å². The highest BCUT2D eigenvalue weighted by molar-refractivity contribution is 8.01. The lowest BCUT2D eigenvalue weighted by Gasteiger charge is -2.24. The summed E-state index contributed by atoms with van der Waals surface area (Å²) in [7, 11) is 0. The van der Waals surface area contributed by atoms with Gasteiger partial charge in [0.15, 0.2) is 5.78 Å². The highest BCUT2D eigenvalue weighted by atomic mass is 35.5. The van der Waals surface area contributed by atoms with Gasteiger partial charge < -0.3 is 5.32 Å². The molecule has 5 heteroatoms. The molecule has 4 rings (SSSR count). The largest absolute Gasteiger partial charge is 0.325 e. The zero-order valence-electron chi connectivity index (χ0n) is 13.0. The minimum Gasteiger partial charge on any atom is -0.325 e. The van der Waals surface area contributed by atoms with Crippen molar-refractivity contribution in [1.82, 2.24) is 0 Å². The van der Waals surface area contributed by atoms with Crippen molar-refractivity contribution in [1.29, 1.82) is 0 Å². The first-order valence-corrected chi connectivity index (χ1v) is 9.41. The van der Waals surface area contributed by atoms with Crippen LogP contribution >= 0.6 is 23.4 Å². The number of halogens is 1. The SMILES string of the molecule is O=C1CS[C@@H](C(=O)Nc2ccc(Cl)cc2)c2cc3c(cc21)CCC3. The Bertz CT molecular complexity index is 832. The van der Waals surface area contributed by atoms with Gasteiger partial charge in [-0.1, -0.05) is 17.7 Å². The molecule has 0 saturated carbocycles. The Morgan fingerprint density at radius 3 is 2.58 bits per heavy atom. The van der Waals surface area contributed by atoms with Crippen molar-refractivity contribution in [2.45, 2.75) is 24.5 Å². The molecule has 2 aromatic carbocycles. The number of hydrogen-bond acceptors (Lipinski definition) is 3. The minimum atomic E-state index is -0.348. The maximum Gasteiger partial charge on any atom is 0.242 e. The fourth-order valence-corrected chi connectivity index (χ4v) is 4.57. The Morgan fingerprint density at radius 2 is 1.83 bits per heavy atom. The van der Waals surface area contributed by atoms with E-state index in [2.05, 4.69) is 11.4 Å². The van der Waals surface area contributed by atoms with E-state index < -0.39 is 0 Å². The standard InChI is InChI=1S/C19H16ClNO2S/c20-13-4-6-14(7-5-13)21-19(23)18-16-9-12-3-1-2-11(12)8-15(16)17(22)10-24-18/h4-9,18H,1-3,10H2,(H,21,23)/t18-/m1/s1. The van der Waals surface area contributed by atoms with Crippen molar-refractivity contribution in [2.75, 3.05) is 11.1 Å². The van der Waals surface area contributed by atoms with Crippen molar-refractivity contribution in [3.8, 4) is 0 Å². The summed E-state index contributed by atoms with van der Waals surface area (Å²) >= 11 is 7.28. The lowest BCUT2D eigenvalue weighted by Crippen LogP contribution is -2.26. The van der Waals surface area contributed by atoms with Gasteiger partial charge in [-0.05, 0) is 66.3 Å². The zero-order valence-corrected chi connectivity index (χ0v) is 14.5. The van der Waals surface area contributed by atoms with Gasteiger partial charge in [-0.25, -0.2) is 0 Å². The second-order valence-electron chi connectivity index (χ2n) is 6.17. The number of aryl methyl sites for hydroxylation is 2. The van der Waals surface area contributed by atoms with Crippen molar-refractivity contribution in [2.24, 2.45) is 0 Å². The molecule has 1 amide bonds. The van der Waals surface area contributed by atoms with Crippen LogP contribution in [0.3, 0.4) is 0 Å². The molecule has 24 heavy (non-hydrogen) atoms. The molecule has 1 N–H and O–H groups in total. The topological polar surface area (TPSA) is 46.2 Å². The molecule has 2 aromatic rings. The molecule has 1 aliphatic carbocycles. The lowest BCUT2D eigenvalue weighted by atomic mass is 9.94. The fourth-order valence-electron chi connectivity index (χ4n) is 3.39. The second kappa shape index (κ2) is 6.26. The number of benzene rings is 2. The van der Waals surface area contributed by atoms with Crippen molar-refractivity contribution in [3.63, 3.8) is 0 Å². The maximum absolute atomic E-state index is 12.7. The van der Waals surface area contributed by atoms with Gasteiger partial charge in [0.05, 0.1) is 5.75 Å². The van der Waals surface area contributed by atoms with Gasteiger partial charge >= 0.3 is 0 Å². The summed E-state index contributed by atoms with van der Waals surface area (Å²) in [5.41, 5.74) is 4.86. The number of anilines is 1. The number of hydrogen-bond donors (Lipinski definition) is 1. The Balaban J connectivity index is 1.65. The van der Waals surface area contributed by atoms with Crippen LogP contribution in [-0.4, -0.2) is 17.4 Å². The first kappa shape index (κ1) is 15.7. The Hall–Kier alpha value is -1.78. The van der Waals surface area contributed by atoms with E-state index in [4.69, 9.17) is 11.6 Å². The third-order valence-corrected chi connectivity index (χ3v) is 6.06. The summed E-state index contributed by atoms with van der Waals surface area (Å²) < 4.78 is 0. The van der Waals surface area contributed by atoms with E-state index in [0.717, 1.165) is 30.4 Å². The quantitative estimate of drug-likeness (QED) is 0.864. The maximum atomic E-state index is 12.7. The van der Waals surface area contributed by atoms with Crippen LogP contribution in [-0.2, 0) is 17.6 Å². The van der Waals surface area contributed by atoms with Gasteiger partial charge in [-0.2, -0.15) is 0 Å². The Morgan fingerprint density at radius 1 is 1.12 bits per heavy atom. The third-order valence-electron chi connectivity index (χ3n) is 4.58. The van der Waals surface area contributed by atoms with Gasteiger partial charge in [-0.15, -0.1) is 11.8 Å². The van der Waals surface area contributed by atoms with Crippen LogP contribution < -0.4 is 5.32 Å². The number of rotatable bonds is 2. The summed E-state index contributed by atoms with van der Waals surface area (Å²) in [6, 6.07) is 11.1. The van der Waals surface area contributed by atoms with Gasteiger partial charge in [0.1, 0.15) is 5.25 Å². The molecule has 0 spiro atoms. The van der Waals surface area contributed by atoms with Crippen LogP contribution in [0.15, 0.2) is 36.4 Å². The summed E-state index contributed by atoms with van der Waals surface area (Å²) in [4.78, 5) is 25.0. The third kappa shape index (κ3) is 2.85. The van der Waals surface area contributed by atoms with Crippen LogP contribution in [0.25, 0.3) is 0 Å². The molecule has 3 nitrogen and oxygen atoms in total. The summed E-state index contributed by atoms with van der Waals surface area (Å²) in [6.07, 6.45) is 3.19. The van der Waals surface area contributed by atoms with Gasteiger partial charge in [0.25, 0.3) is 0 Å². The molecule has 0 saturated heterocycles. The average molecular weight is 358 g/mol. The van der Waals surface area contributed by atoms with Gasteiger partial charge in [-0.3, -0.25) is 9.59 Å². The molecular weight excluding hydrogens is 342 g/mol.